The first-order chi connectivity index (χ1) is 12.3. The third-order valence-electron chi connectivity index (χ3n) is 4.30. The Hall–Kier alpha value is -2.89. The summed E-state index contributed by atoms with van der Waals surface area (Å²) < 4.78 is 1.79. The average Bonchev–Trinajstić information content (AvgIpc) is 2.87. The summed E-state index contributed by atoms with van der Waals surface area (Å²) in [6.45, 7) is 9.41. The zero-order valence-corrected chi connectivity index (χ0v) is 15.5. The molecule has 0 radical (unpaired) electrons. The van der Waals surface area contributed by atoms with Crippen LogP contribution in [-0.4, -0.2) is 32.8 Å². The lowest BCUT2D eigenvalue weighted by molar-refractivity contribution is -0.136. The van der Waals surface area contributed by atoms with Gasteiger partial charge in [-0.25, -0.2) is 4.68 Å². The number of carbonyl (C=O) groups excluding carboxylic acids is 1. The summed E-state index contributed by atoms with van der Waals surface area (Å²) in [5.41, 5.74) is 4.11. The van der Waals surface area contributed by atoms with Crippen molar-refractivity contribution in [3.8, 4) is 5.69 Å². The molecular formula is C20H25N3O3. The summed E-state index contributed by atoms with van der Waals surface area (Å²) >= 11 is 0. The molecule has 26 heavy (non-hydrogen) atoms. The van der Waals surface area contributed by atoms with E-state index in [1.165, 1.54) is 0 Å². The Labute approximate surface area is 153 Å². The standard InChI is InChI=1S/C20H25N3O3/c1-5-6-13(2)21-20(26)16-7-9-17(10-8-16)23-15(4)18(14(3)22-23)11-12-19(24)25/h5,7-10,13H,1,6,11-12H2,2-4H3,(H,21,26)(H,24,25). The monoisotopic (exact) mass is 355 g/mol. The SMILES string of the molecule is C=CCC(C)NC(=O)c1ccc(-n2nc(C)c(CCC(=O)O)c2C)cc1. The summed E-state index contributed by atoms with van der Waals surface area (Å²) in [5, 5.41) is 16.3. The third-order valence-corrected chi connectivity index (χ3v) is 4.30. The van der Waals surface area contributed by atoms with Crippen LogP contribution in [-0.2, 0) is 11.2 Å². The highest BCUT2D eigenvalue weighted by atomic mass is 16.4. The molecule has 0 saturated carbocycles. The number of amides is 1. The zero-order valence-electron chi connectivity index (χ0n) is 15.5. The van der Waals surface area contributed by atoms with Crippen LogP contribution in [0.2, 0.25) is 0 Å². The largest absolute Gasteiger partial charge is 0.481 e. The first kappa shape index (κ1) is 19.4. The molecule has 0 saturated heterocycles. The minimum absolute atomic E-state index is 0.0347. The van der Waals surface area contributed by atoms with Crippen LogP contribution >= 0.6 is 0 Å². The summed E-state index contributed by atoms with van der Waals surface area (Å²) in [6.07, 6.45) is 3.03. The van der Waals surface area contributed by atoms with Crippen LogP contribution in [0.4, 0.5) is 0 Å². The molecule has 0 aliphatic heterocycles. The van der Waals surface area contributed by atoms with Gasteiger partial charge in [0.25, 0.3) is 5.91 Å². The average molecular weight is 355 g/mol. The Morgan fingerprint density at radius 2 is 1.96 bits per heavy atom. The van der Waals surface area contributed by atoms with Crippen molar-refractivity contribution in [3.63, 3.8) is 0 Å². The van der Waals surface area contributed by atoms with Gasteiger partial charge in [0.05, 0.1) is 11.4 Å². The van der Waals surface area contributed by atoms with Gasteiger partial charge >= 0.3 is 5.97 Å². The fourth-order valence-corrected chi connectivity index (χ4v) is 2.89. The number of carboxylic acid groups (broad SMARTS) is 1. The van der Waals surface area contributed by atoms with Crippen LogP contribution < -0.4 is 5.32 Å². The van der Waals surface area contributed by atoms with Crippen molar-refractivity contribution in [2.45, 2.75) is 46.1 Å². The lowest BCUT2D eigenvalue weighted by Gasteiger charge is -2.12. The molecule has 1 unspecified atom stereocenters. The Morgan fingerprint density at radius 1 is 1.31 bits per heavy atom. The van der Waals surface area contributed by atoms with Crippen molar-refractivity contribution in [3.05, 3.63) is 59.4 Å². The molecule has 138 valence electrons. The lowest BCUT2D eigenvalue weighted by atomic mass is 10.1. The Bertz CT molecular complexity index is 806. The predicted octanol–water partition coefficient (Wildman–Crippen LogP) is 3.20. The molecule has 1 amide bonds. The predicted molar refractivity (Wildman–Crippen MR) is 101 cm³/mol. The Kier molecular flexibility index (Phi) is 6.33. The second-order valence-electron chi connectivity index (χ2n) is 6.40. The first-order valence-electron chi connectivity index (χ1n) is 8.62. The number of nitrogens with zero attached hydrogens (tertiary/aromatic N) is 2. The molecule has 1 aromatic heterocycles. The molecule has 0 aliphatic carbocycles. The van der Waals surface area contributed by atoms with E-state index in [0.717, 1.165) is 22.6 Å². The number of nitrogens with one attached hydrogen (secondary N) is 1. The number of carbonyl (C=O) groups is 2. The molecule has 1 heterocycles. The molecular weight excluding hydrogens is 330 g/mol. The van der Waals surface area contributed by atoms with Gasteiger partial charge in [-0.2, -0.15) is 5.10 Å². The number of hydrogen-bond acceptors (Lipinski definition) is 3. The van der Waals surface area contributed by atoms with Crippen molar-refractivity contribution in [2.24, 2.45) is 0 Å². The van der Waals surface area contributed by atoms with Gasteiger partial charge in [0.15, 0.2) is 0 Å². The van der Waals surface area contributed by atoms with Crippen molar-refractivity contribution < 1.29 is 14.7 Å². The Morgan fingerprint density at radius 3 is 2.54 bits per heavy atom. The second kappa shape index (κ2) is 8.47. The van der Waals surface area contributed by atoms with E-state index in [2.05, 4.69) is 17.0 Å². The highest BCUT2D eigenvalue weighted by Crippen LogP contribution is 2.20. The number of aryl methyl sites for hydroxylation is 1. The summed E-state index contributed by atoms with van der Waals surface area (Å²) in [7, 11) is 0. The molecule has 1 aromatic carbocycles. The van der Waals surface area contributed by atoms with Crippen LogP contribution in [0, 0.1) is 13.8 Å². The maximum absolute atomic E-state index is 12.2. The van der Waals surface area contributed by atoms with Gasteiger partial charge in [-0.05, 0) is 63.4 Å². The quantitative estimate of drug-likeness (QED) is 0.712. The van der Waals surface area contributed by atoms with Crippen molar-refractivity contribution >= 4 is 11.9 Å². The van der Waals surface area contributed by atoms with Gasteiger partial charge in [0, 0.05) is 23.7 Å². The van der Waals surface area contributed by atoms with Crippen LogP contribution in [0.5, 0.6) is 0 Å². The van der Waals surface area contributed by atoms with Crippen LogP contribution in [0.3, 0.4) is 0 Å². The molecule has 2 aromatic rings. The number of aliphatic carboxylic acids is 1. The zero-order chi connectivity index (χ0) is 19.3. The van der Waals surface area contributed by atoms with Gasteiger partial charge in [-0.1, -0.05) is 6.08 Å². The van der Waals surface area contributed by atoms with Crippen molar-refractivity contribution in [2.75, 3.05) is 0 Å². The van der Waals surface area contributed by atoms with Gasteiger partial charge in [-0.15, -0.1) is 6.58 Å². The summed E-state index contributed by atoms with van der Waals surface area (Å²) in [5.74, 6) is -0.945. The fraction of sp³-hybridized carbons (Fsp3) is 0.350. The van der Waals surface area contributed by atoms with Gasteiger partial charge < -0.3 is 10.4 Å². The molecule has 0 bridgehead atoms. The second-order valence-corrected chi connectivity index (χ2v) is 6.40. The van der Waals surface area contributed by atoms with E-state index < -0.39 is 5.97 Å². The van der Waals surface area contributed by atoms with Gasteiger partial charge in [0.1, 0.15) is 0 Å². The van der Waals surface area contributed by atoms with Crippen LogP contribution in [0.15, 0.2) is 36.9 Å². The maximum Gasteiger partial charge on any atom is 0.303 e. The summed E-state index contributed by atoms with van der Waals surface area (Å²) in [6, 6.07) is 7.24. The normalized spacial score (nSPS) is 11.8. The summed E-state index contributed by atoms with van der Waals surface area (Å²) in [4.78, 5) is 23.0. The molecule has 2 rings (SSSR count). The molecule has 2 N–H and O–H groups in total. The Balaban J connectivity index is 2.18. The van der Waals surface area contributed by atoms with E-state index in [9.17, 15) is 9.59 Å². The lowest BCUT2D eigenvalue weighted by Crippen LogP contribution is -2.32. The smallest absolute Gasteiger partial charge is 0.303 e. The molecule has 0 aliphatic rings. The number of rotatable bonds is 8. The highest BCUT2D eigenvalue weighted by molar-refractivity contribution is 5.94. The minimum Gasteiger partial charge on any atom is -0.481 e. The van der Waals surface area contributed by atoms with Gasteiger partial charge in [-0.3, -0.25) is 9.59 Å². The van der Waals surface area contributed by atoms with Crippen LogP contribution in [0.1, 0.15) is 47.1 Å². The molecule has 0 fully saturated rings. The van der Waals surface area contributed by atoms with E-state index in [0.29, 0.717) is 18.4 Å². The van der Waals surface area contributed by atoms with Crippen molar-refractivity contribution in [1.82, 2.24) is 15.1 Å². The minimum atomic E-state index is -0.822. The maximum atomic E-state index is 12.2. The number of aromatic nitrogens is 2. The number of benzene rings is 1. The van der Waals surface area contributed by atoms with Crippen LogP contribution in [0.25, 0.3) is 5.69 Å². The van der Waals surface area contributed by atoms with E-state index >= 15 is 0 Å². The third kappa shape index (κ3) is 4.59. The molecule has 1 atom stereocenters. The number of carboxylic acids is 1. The fourth-order valence-electron chi connectivity index (χ4n) is 2.89. The first-order valence-corrected chi connectivity index (χ1v) is 8.62. The van der Waals surface area contributed by atoms with Gasteiger partial charge in [0.2, 0.25) is 0 Å². The highest BCUT2D eigenvalue weighted by Gasteiger charge is 2.15. The van der Waals surface area contributed by atoms with E-state index in [1.807, 2.05) is 32.9 Å². The molecule has 0 spiro atoms. The molecule has 6 nitrogen and oxygen atoms in total. The number of hydrogen-bond donors (Lipinski definition) is 2. The van der Waals surface area contributed by atoms with E-state index in [-0.39, 0.29) is 18.4 Å². The van der Waals surface area contributed by atoms with Crippen molar-refractivity contribution in [1.29, 1.82) is 0 Å². The topological polar surface area (TPSA) is 84.2 Å². The van der Waals surface area contributed by atoms with E-state index in [4.69, 9.17) is 5.11 Å². The molecule has 6 heteroatoms. The van der Waals surface area contributed by atoms with E-state index in [1.54, 1.807) is 22.9 Å².